The van der Waals surface area contributed by atoms with Crippen LogP contribution in [0.3, 0.4) is 0 Å². The van der Waals surface area contributed by atoms with E-state index in [9.17, 15) is 9.90 Å². The maximum absolute atomic E-state index is 10.8. The fourth-order valence-corrected chi connectivity index (χ4v) is 1.99. The Labute approximate surface area is 117 Å². The summed E-state index contributed by atoms with van der Waals surface area (Å²) < 4.78 is 0.663. The van der Waals surface area contributed by atoms with Gasteiger partial charge in [0.05, 0.1) is 26.6 Å². The highest BCUT2D eigenvalue weighted by molar-refractivity contribution is 5.69. The number of hydrogen-bond acceptors (Lipinski definition) is 2. The first-order valence-electron chi connectivity index (χ1n) is 7.16. The second-order valence-electron chi connectivity index (χ2n) is 5.98. The Kier molecular flexibility index (Phi) is 8.68. The van der Waals surface area contributed by atoms with Crippen LogP contribution in [-0.2, 0) is 4.79 Å². The first-order chi connectivity index (χ1) is 8.78. The van der Waals surface area contributed by atoms with Crippen molar-refractivity contribution < 1.29 is 19.5 Å². The predicted molar refractivity (Wildman–Crippen MR) is 77.9 cm³/mol. The summed E-state index contributed by atoms with van der Waals surface area (Å²) in [5.74, 6) is -1.06. The maximum atomic E-state index is 10.8. The molecule has 0 fully saturated rings. The molecule has 0 bridgehead atoms. The van der Waals surface area contributed by atoms with Gasteiger partial charge in [0, 0.05) is 6.42 Å². The summed E-state index contributed by atoms with van der Waals surface area (Å²) in [7, 11) is 4.08. The molecule has 0 aliphatic rings. The van der Waals surface area contributed by atoms with Crippen molar-refractivity contribution in [1.29, 1.82) is 0 Å². The zero-order valence-corrected chi connectivity index (χ0v) is 12.8. The maximum Gasteiger partial charge on any atom is 0.306 e. The predicted octanol–water partition coefficient (Wildman–Crippen LogP) is 2.28. The number of allylic oxidation sites excluding steroid dienone is 2. The minimum absolute atomic E-state index is 0.318. The van der Waals surface area contributed by atoms with Gasteiger partial charge >= 0.3 is 5.97 Å². The van der Waals surface area contributed by atoms with Crippen molar-refractivity contribution in [2.75, 3.05) is 27.2 Å². The Bertz CT molecular complexity index is 287. The molecule has 112 valence electrons. The summed E-state index contributed by atoms with van der Waals surface area (Å²) in [4.78, 5) is 10.8. The highest BCUT2D eigenvalue weighted by Crippen LogP contribution is 2.10. The number of rotatable bonds is 10. The third-order valence-electron chi connectivity index (χ3n) is 3.36. The van der Waals surface area contributed by atoms with Gasteiger partial charge in [-0.15, -0.1) is 0 Å². The molecule has 0 spiro atoms. The lowest BCUT2D eigenvalue weighted by atomic mass is 10.1. The molecule has 0 saturated heterocycles. The molecule has 2 unspecified atom stereocenters. The van der Waals surface area contributed by atoms with Gasteiger partial charge in [-0.25, -0.2) is 0 Å². The number of quaternary nitrogens is 1. The van der Waals surface area contributed by atoms with Crippen LogP contribution in [0.2, 0.25) is 0 Å². The van der Waals surface area contributed by atoms with E-state index in [0.717, 1.165) is 25.8 Å². The van der Waals surface area contributed by atoms with Crippen molar-refractivity contribution in [2.45, 2.75) is 45.6 Å². The zero-order chi connectivity index (χ0) is 14.9. The molecule has 2 atom stereocenters. The largest absolute Gasteiger partial charge is 0.481 e. The van der Waals surface area contributed by atoms with E-state index in [4.69, 9.17) is 5.11 Å². The molecule has 0 radical (unpaired) electrons. The summed E-state index contributed by atoms with van der Waals surface area (Å²) in [6.07, 6.45) is 7.25. The number of hydrogen-bond donors (Lipinski definition) is 2. The number of nitrogens with zero attached hydrogens (tertiary/aromatic N) is 1. The number of aliphatic hydroxyl groups excluding tert-OH is 1. The van der Waals surface area contributed by atoms with Crippen molar-refractivity contribution in [2.24, 2.45) is 5.92 Å². The quantitative estimate of drug-likeness (QED) is 0.474. The summed E-state index contributed by atoms with van der Waals surface area (Å²) in [6, 6.07) is 0. The van der Waals surface area contributed by atoms with Gasteiger partial charge in [-0.1, -0.05) is 26.0 Å². The van der Waals surface area contributed by atoms with Gasteiger partial charge in [-0.2, -0.15) is 0 Å². The Hall–Kier alpha value is -0.870. The van der Waals surface area contributed by atoms with Gasteiger partial charge in [0.25, 0.3) is 0 Å². The molecule has 0 saturated carbocycles. The minimum Gasteiger partial charge on any atom is -0.481 e. The Morgan fingerprint density at radius 1 is 1.26 bits per heavy atom. The molecule has 0 aliphatic carbocycles. The van der Waals surface area contributed by atoms with E-state index >= 15 is 0 Å². The second-order valence-corrected chi connectivity index (χ2v) is 5.98. The van der Waals surface area contributed by atoms with Gasteiger partial charge in [-0.05, 0) is 19.3 Å². The first kappa shape index (κ1) is 18.1. The van der Waals surface area contributed by atoms with Crippen molar-refractivity contribution >= 4 is 5.97 Å². The lowest BCUT2D eigenvalue weighted by Crippen LogP contribution is -2.46. The number of carbonyl (C=O) groups is 1. The molecular weight excluding hydrogens is 242 g/mol. The van der Waals surface area contributed by atoms with Crippen molar-refractivity contribution in [3.63, 3.8) is 0 Å². The second kappa shape index (κ2) is 9.10. The number of carboxylic acids is 1. The average molecular weight is 272 g/mol. The average Bonchev–Trinajstić information content (AvgIpc) is 2.31. The van der Waals surface area contributed by atoms with Crippen LogP contribution in [-0.4, -0.2) is 54.0 Å². The molecule has 0 aromatic rings. The number of aliphatic hydroxyl groups is 1. The standard InChI is InChI=1S/C15H29NO3/c1-5-6-7-8-9-14(17)12-16(3,4)11-10-13(2)15(18)19/h6-7,13-14,17H,5,8-12H2,1-4H3/p+1/b7-6+. The SMILES string of the molecule is CC/C=C/CCC(O)C[N+](C)(C)CCC(C)C(=O)O. The van der Waals surface area contributed by atoms with Crippen LogP contribution >= 0.6 is 0 Å². The molecule has 0 aromatic carbocycles. The van der Waals surface area contributed by atoms with Crippen LogP contribution < -0.4 is 0 Å². The smallest absolute Gasteiger partial charge is 0.306 e. The zero-order valence-electron chi connectivity index (χ0n) is 12.8. The molecule has 0 aliphatic heterocycles. The van der Waals surface area contributed by atoms with E-state index < -0.39 is 5.97 Å². The van der Waals surface area contributed by atoms with Crippen molar-refractivity contribution in [3.05, 3.63) is 12.2 Å². The third-order valence-corrected chi connectivity index (χ3v) is 3.36. The van der Waals surface area contributed by atoms with Gasteiger partial charge in [-0.3, -0.25) is 4.79 Å². The molecule has 2 N–H and O–H groups in total. The number of likely N-dealkylation sites (N-methyl/N-ethyl adjacent to an activating group) is 1. The normalized spacial score (nSPS) is 15.6. The van der Waals surface area contributed by atoms with Gasteiger partial charge < -0.3 is 14.7 Å². The van der Waals surface area contributed by atoms with E-state index in [-0.39, 0.29) is 12.0 Å². The van der Waals surface area contributed by atoms with E-state index in [1.807, 2.05) is 14.1 Å². The van der Waals surface area contributed by atoms with Crippen LogP contribution in [0.1, 0.15) is 39.5 Å². The summed E-state index contributed by atoms with van der Waals surface area (Å²) in [5, 5.41) is 18.9. The fraction of sp³-hybridized carbons (Fsp3) is 0.800. The lowest BCUT2D eigenvalue weighted by molar-refractivity contribution is -0.893. The van der Waals surface area contributed by atoms with Gasteiger partial charge in [0.2, 0.25) is 0 Å². The topological polar surface area (TPSA) is 57.5 Å². The van der Waals surface area contributed by atoms with E-state index in [2.05, 4.69) is 19.1 Å². The Morgan fingerprint density at radius 2 is 1.89 bits per heavy atom. The van der Waals surface area contributed by atoms with E-state index in [1.54, 1.807) is 6.92 Å². The molecule has 19 heavy (non-hydrogen) atoms. The molecular formula is C15H30NO3+. The van der Waals surface area contributed by atoms with Gasteiger partial charge in [0.15, 0.2) is 0 Å². The highest BCUT2D eigenvalue weighted by Gasteiger charge is 2.22. The Morgan fingerprint density at radius 3 is 2.42 bits per heavy atom. The first-order valence-corrected chi connectivity index (χ1v) is 7.16. The van der Waals surface area contributed by atoms with Crippen LogP contribution in [0.5, 0.6) is 0 Å². The third kappa shape index (κ3) is 9.68. The number of carboxylic acid groups (broad SMARTS) is 1. The van der Waals surface area contributed by atoms with Crippen LogP contribution in [0.4, 0.5) is 0 Å². The molecule has 0 aromatic heterocycles. The van der Waals surface area contributed by atoms with Crippen LogP contribution in [0, 0.1) is 5.92 Å². The van der Waals surface area contributed by atoms with E-state index in [1.165, 1.54) is 0 Å². The molecule has 0 rings (SSSR count). The van der Waals surface area contributed by atoms with Crippen molar-refractivity contribution in [3.8, 4) is 0 Å². The monoisotopic (exact) mass is 272 g/mol. The highest BCUT2D eigenvalue weighted by atomic mass is 16.4. The lowest BCUT2D eigenvalue weighted by Gasteiger charge is -2.32. The summed E-state index contributed by atoms with van der Waals surface area (Å²) in [6.45, 7) is 5.27. The van der Waals surface area contributed by atoms with Gasteiger partial charge in [0.1, 0.15) is 12.6 Å². The fourth-order valence-electron chi connectivity index (χ4n) is 1.99. The van der Waals surface area contributed by atoms with Crippen LogP contribution in [0.15, 0.2) is 12.2 Å². The van der Waals surface area contributed by atoms with E-state index in [0.29, 0.717) is 17.4 Å². The van der Waals surface area contributed by atoms with Crippen molar-refractivity contribution in [1.82, 2.24) is 0 Å². The number of aliphatic carboxylic acids is 1. The summed E-state index contributed by atoms with van der Waals surface area (Å²) in [5.41, 5.74) is 0. The Balaban J connectivity index is 3.99. The minimum atomic E-state index is -0.745. The van der Waals surface area contributed by atoms with Crippen LogP contribution in [0.25, 0.3) is 0 Å². The summed E-state index contributed by atoms with van der Waals surface area (Å²) >= 11 is 0. The molecule has 0 heterocycles. The molecule has 4 nitrogen and oxygen atoms in total. The molecule has 0 amide bonds. The molecule has 4 heteroatoms.